The first-order valence-corrected chi connectivity index (χ1v) is 3.76. The van der Waals surface area contributed by atoms with Crippen molar-refractivity contribution >= 4 is 5.97 Å². The Kier molecular flexibility index (Phi) is 2.79. The number of nitriles is 1. The van der Waals surface area contributed by atoms with Crippen molar-refractivity contribution in [2.45, 2.75) is 6.54 Å². The molecule has 1 aromatic carbocycles. The molecule has 0 saturated carbocycles. The molecule has 5 heteroatoms. The van der Waals surface area contributed by atoms with E-state index in [2.05, 4.69) is 0 Å². The maximum absolute atomic E-state index is 13.0. The zero-order chi connectivity index (χ0) is 10.7. The molecule has 0 aliphatic carbocycles. The van der Waals surface area contributed by atoms with Crippen LogP contribution in [0.15, 0.2) is 12.1 Å². The van der Waals surface area contributed by atoms with Crippen LogP contribution >= 0.6 is 0 Å². The van der Waals surface area contributed by atoms with Crippen LogP contribution in [0.3, 0.4) is 0 Å². The van der Waals surface area contributed by atoms with Gasteiger partial charge in [-0.25, -0.2) is 9.18 Å². The van der Waals surface area contributed by atoms with Crippen molar-refractivity contribution in [2.24, 2.45) is 5.73 Å². The van der Waals surface area contributed by atoms with Gasteiger partial charge in [0, 0.05) is 6.54 Å². The van der Waals surface area contributed by atoms with Gasteiger partial charge in [-0.3, -0.25) is 0 Å². The number of halogens is 1. The number of rotatable bonds is 2. The zero-order valence-corrected chi connectivity index (χ0v) is 7.12. The molecule has 72 valence electrons. The number of hydrogen-bond donors (Lipinski definition) is 2. The molecule has 0 aliphatic rings. The Morgan fingerprint density at radius 1 is 1.64 bits per heavy atom. The molecule has 1 rings (SSSR count). The number of carboxylic acid groups (broad SMARTS) is 1. The minimum Gasteiger partial charge on any atom is -0.478 e. The second-order valence-corrected chi connectivity index (χ2v) is 2.58. The van der Waals surface area contributed by atoms with Crippen LogP contribution in [0.25, 0.3) is 0 Å². The van der Waals surface area contributed by atoms with E-state index in [4.69, 9.17) is 16.1 Å². The third kappa shape index (κ3) is 1.56. The third-order valence-corrected chi connectivity index (χ3v) is 1.79. The molecular formula is C9H7FN2O2. The van der Waals surface area contributed by atoms with Gasteiger partial charge in [0.1, 0.15) is 17.4 Å². The highest BCUT2D eigenvalue weighted by atomic mass is 19.1. The van der Waals surface area contributed by atoms with E-state index < -0.39 is 17.3 Å². The van der Waals surface area contributed by atoms with Gasteiger partial charge >= 0.3 is 5.97 Å². The van der Waals surface area contributed by atoms with Gasteiger partial charge in [0.15, 0.2) is 0 Å². The minimum absolute atomic E-state index is 0.00343. The van der Waals surface area contributed by atoms with Crippen LogP contribution in [0.1, 0.15) is 21.5 Å². The van der Waals surface area contributed by atoms with Crippen molar-refractivity contribution in [1.82, 2.24) is 0 Å². The highest BCUT2D eigenvalue weighted by Gasteiger charge is 2.18. The van der Waals surface area contributed by atoms with Crippen molar-refractivity contribution < 1.29 is 14.3 Å². The number of carbonyl (C=O) groups is 1. The van der Waals surface area contributed by atoms with Gasteiger partial charge in [-0.1, -0.05) is 6.07 Å². The van der Waals surface area contributed by atoms with Crippen LogP contribution in [0, 0.1) is 17.1 Å². The monoisotopic (exact) mass is 194 g/mol. The van der Waals surface area contributed by atoms with Gasteiger partial charge in [0.2, 0.25) is 0 Å². The quantitative estimate of drug-likeness (QED) is 0.730. The molecule has 0 saturated heterocycles. The Morgan fingerprint density at radius 3 is 2.71 bits per heavy atom. The Bertz CT molecular complexity index is 424. The average Bonchev–Trinajstić information content (AvgIpc) is 2.16. The first-order valence-electron chi connectivity index (χ1n) is 3.76. The van der Waals surface area contributed by atoms with Gasteiger partial charge in [-0.15, -0.1) is 0 Å². The van der Waals surface area contributed by atoms with E-state index in [1.165, 1.54) is 6.07 Å². The Hall–Kier alpha value is -1.93. The van der Waals surface area contributed by atoms with Gasteiger partial charge in [0.05, 0.1) is 5.56 Å². The largest absolute Gasteiger partial charge is 0.478 e. The fraction of sp³-hybridized carbons (Fsp3) is 0.111. The molecule has 3 N–H and O–H groups in total. The summed E-state index contributed by atoms with van der Waals surface area (Å²) in [6.07, 6.45) is 0. The Labute approximate surface area is 79.4 Å². The van der Waals surface area contributed by atoms with Crippen LogP contribution in [-0.4, -0.2) is 11.1 Å². The molecule has 0 unspecified atom stereocenters. The summed E-state index contributed by atoms with van der Waals surface area (Å²) in [4.78, 5) is 10.6. The topological polar surface area (TPSA) is 87.1 Å². The number of carboxylic acids is 1. The van der Waals surface area contributed by atoms with Gasteiger partial charge in [-0.05, 0) is 11.6 Å². The molecule has 0 spiro atoms. The van der Waals surface area contributed by atoms with Crippen molar-refractivity contribution in [3.63, 3.8) is 0 Å². The van der Waals surface area contributed by atoms with Crippen LogP contribution in [0.2, 0.25) is 0 Å². The van der Waals surface area contributed by atoms with Gasteiger partial charge in [-0.2, -0.15) is 5.26 Å². The van der Waals surface area contributed by atoms with E-state index in [9.17, 15) is 9.18 Å². The standard InChI is InChI=1S/C9H7FN2O2/c10-7-2-1-5(3-11)6(4-12)8(7)9(13)14/h1-2H,3,11H2,(H,13,14). The van der Waals surface area contributed by atoms with Crippen LogP contribution in [0.5, 0.6) is 0 Å². The average molecular weight is 194 g/mol. The minimum atomic E-state index is -1.46. The zero-order valence-electron chi connectivity index (χ0n) is 7.12. The van der Waals surface area contributed by atoms with Gasteiger partial charge < -0.3 is 10.8 Å². The van der Waals surface area contributed by atoms with E-state index in [0.717, 1.165) is 6.07 Å². The summed E-state index contributed by atoms with van der Waals surface area (Å²) in [6.45, 7) is 0.00343. The highest BCUT2D eigenvalue weighted by molar-refractivity contribution is 5.91. The molecule has 14 heavy (non-hydrogen) atoms. The maximum Gasteiger partial charge on any atom is 0.340 e. The Morgan fingerprint density at radius 2 is 2.29 bits per heavy atom. The number of nitrogens with zero attached hydrogens (tertiary/aromatic N) is 1. The van der Waals surface area contributed by atoms with Crippen molar-refractivity contribution in [2.75, 3.05) is 0 Å². The number of hydrogen-bond acceptors (Lipinski definition) is 3. The molecule has 0 aromatic heterocycles. The summed E-state index contributed by atoms with van der Waals surface area (Å²) >= 11 is 0. The molecule has 0 bridgehead atoms. The molecule has 0 fully saturated rings. The van der Waals surface area contributed by atoms with Crippen molar-refractivity contribution in [3.05, 3.63) is 34.6 Å². The normalized spacial score (nSPS) is 9.50. The molecule has 1 aromatic rings. The van der Waals surface area contributed by atoms with E-state index in [0.29, 0.717) is 5.56 Å². The predicted molar refractivity (Wildman–Crippen MR) is 46.0 cm³/mol. The SMILES string of the molecule is N#Cc1c(CN)ccc(F)c1C(=O)O. The summed E-state index contributed by atoms with van der Waals surface area (Å²) in [6, 6.07) is 3.93. The molecule has 0 amide bonds. The van der Waals surface area contributed by atoms with Gasteiger partial charge in [0.25, 0.3) is 0 Å². The highest BCUT2D eigenvalue weighted by Crippen LogP contribution is 2.17. The maximum atomic E-state index is 13.0. The summed E-state index contributed by atoms with van der Waals surface area (Å²) in [7, 11) is 0. The van der Waals surface area contributed by atoms with Crippen LogP contribution < -0.4 is 5.73 Å². The van der Waals surface area contributed by atoms with Crippen LogP contribution in [-0.2, 0) is 6.54 Å². The lowest BCUT2D eigenvalue weighted by Gasteiger charge is -2.04. The lowest BCUT2D eigenvalue weighted by Crippen LogP contribution is -2.09. The smallest absolute Gasteiger partial charge is 0.340 e. The Balaban J connectivity index is 3.53. The molecule has 0 radical (unpaired) electrons. The number of nitrogens with two attached hydrogens (primary N) is 1. The summed E-state index contributed by atoms with van der Waals surface area (Å²) in [5.74, 6) is -2.39. The summed E-state index contributed by atoms with van der Waals surface area (Å²) < 4.78 is 13.0. The van der Waals surface area contributed by atoms with E-state index in [-0.39, 0.29) is 12.1 Å². The molecule has 4 nitrogen and oxygen atoms in total. The fourth-order valence-corrected chi connectivity index (χ4v) is 1.13. The number of aromatic carboxylic acids is 1. The summed E-state index contributed by atoms with van der Waals surface area (Å²) in [5.41, 5.74) is 4.78. The lowest BCUT2D eigenvalue weighted by molar-refractivity contribution is 0.0691. The van der Waals surface area contributed by atoms with E-state index in [1.807, 2.05) is 0 Å². The van der Waals surface area contributed by atoms with Crippen molar-refractivity contribution in [1.29, 1.82) is 5.26 Å². The predicted octanol–water partition coefficient (Wildman–Crippen LogP) is 0.854. The second kappa shape index (κ2) is 3.85. The lowest BCUT2D eigenvalue weighted by atomic mass is 10.0. The fourth-order valence-electron chi connectivity index (χ4n) is 1.13. The first kappa shape index (κ1) is 10.2. The van der Waals surface area contributed by atoms with E-state index >= 15 is 0 Å². The summed E-state index contributed by atoms with van der Waals surface area (Å²) in [5, 5.41) is 17.3. The first-order chi connectivity index (χ1) is 6.61. The molecule has 0 heterocycles. The molecular weight excluding hydrogens is 187 g/mol. The molecule has 0 atom stereocenters. The molecule has 0 aliphatic heterocycles. The number of benzene rings is 1. The third-order valence-electron chi connectivity index (χ3n) is 1.79. The second-order valence-electron chi connectivity index (χ2n) is 2.58. The van der Waals surface area contributed by atoms with Crippen molar-refractivity contribution in [3.8, 4) is 6.07 Å². The van der Waals surface area contributed by atoms with Crippen LogP contribution in [0.4, 0.5) is 4.39 Å². The van der Waals surface area contributed by atoms with E-state index in [1.54, 1.807) is 6.07 Å².